The monoisotopic (exact) mass is 393 g/mol. The minimum Gasteiger partial charge on any atom is -0.336 e. The van der Waals surface area contributed by atoms with Crippen LogP contribution in [0.15, 0.2) is 21.1 Å². The molecule has 0 N–H and O–H groups in total. The van der Waals surface area contributed by atoms with E-state index in [1.165, 1.54) is 6.42 Å². The van der Waals surface area contributed by atoms with Crippen LogP contribution in [0.2, 0.25) is 5.02 Å². The fourth-order valence-corrected chi connectivity index (χ4v) is 3.68. The normalized spacial score (nSPS) is 20.0. The number of carbonyl (C=O) groups excluding carboxylic acids is 1. The molecule has 1 unspecified atom stereocenters. The lowest BCUT2D eigenvalue weighted by Gasteiger charge is -2.33. The maximum Gasteiger partial charge on any atom is 0.255 e. The van der Waals surface area contributed by atoms with Gasteiger partial charge in [0.15, 0.2) is 0 Å². The van der Waals surface area contributed by atoms with Crippen molar-refractivity contribution in [3.63, 3.8) is 0 Å². The minimum atomic E-state index is 0.0224. The van der Waals surface area contributed by atoms with Crippen molar-refractivity contribution in [3.05, 3.63) is 31.7 Å². The Morgan fingerprint density at radius 3 is 2.78 bits per heavy atom. The summed E-state index contributed by atoms with van der Waals surface area (Å²) in [4.78, 5) is 14.5. The average Bonchev–Trinajstić information content (AvgIpc) is 2.33. The molecule has 0 aromatic heterocycles. The van der Waals surface area contributed by atoms with Crippen LogP contribution in [0.5, 0.6) is 0 Å². The molecule has 2 rings (SSSR count). The molecule has 1 aliphatic heterocycles. The van der Waals surface area contributed by atoms with Crippen molar-refractivity contribution >= 4 is 49.4 Å². The second-order valence-corrected chi connectivity index (χ2v) is 6.74. The van der Waals surface area contributed by atoms with Crippen molar-refractivity contribution in [2.24, 2.45) is 0 Å². The summed E-state index contributed by atoms with van der Waals surface area (Å²) >= 11 is 13.0. The lowest BCUT2D eigenvalue weighted by atomic mass is 10.0. The van der Waals surface area contributed by atoms with Crippen molar-refractivity contribution in [1.82, 2.24) is 4.90 Å². The standard InChI is InChI=1S/C13H14Br2ClNO/c1-8-4-2-3-5-17(8)13(18)10-6-9(14)7-11(15)12(10)16/h6-8H,2-5H2,1H3. The van der Waals surface area contributed by atoms with E-state index in [-0.39, 0.29) is 5.91 Å². The molecule has 1 aliphatic rings. The van der Waals surface area contributed by atoms with Gasteiger partial charge in [-0.25, -0.2) is 0 Å². The lowest BCUT2D eigenvalue weighted by Crippen LogP contribution is -2.42. The van der Waals surface area contributed by atoms with Gasteiger partial charge in [0, 0.05) is 21.5 Å². The molecule has 0 spiro atoms. The molecule has 0 radical (unpaired) electrons. The maximum atomic E-state index is 12.5. The zero-order chi connectivity index (χ0) is 13.3. The highest BCUT2D eigenvalue weighted by Gasteiger charge is 2.26. The van der Waals surface area contributed by atoms with Crippen LogP contribution in [0.4, 0.5) is 0 Å². The number of carbonyl (C=O) groups is 1. The molecular formula is C13H14Br2ClNO. The fourth-order valence-electron chi connectivity index (χ4n) is 2.27. The minimum absolute atomic E-state index is 0.0224. The quantitative estimate of drug-likeness (QED) is 0.621. The third-order valence-corrected chi connectivity index (χ3v) is 5.01. The number of benzene rings is 1. The third kappa shape index (κ3) is 2.91. The number of hydrogen-bond acceptors (Lipinski definition) is 1. The van der Waals surface area contributed by atoms with Gasteiger partial charge in [0.2, 0.25) is 0 Å². The molecule has 5 heteroatoms. The van der Waals surface area contributed by atoms with Gasteiger partial charge in [-0.1, -0.05) is 27.5 Å². The van der Waals surface area contributed by atoms with Gasteiger partial charge < -0.3 is 4.90 Å². The smallest absolute Gasteiger partial charge is 0.255 e. The lowest BCUT2D eigenvalue weighted by molar-refractivity contribution is 0.0635. The summed E-state index contributed by atoms with van der Waals surface area (Å²) in [6, 6.07) is 3.93. The Morgan fingerprint density at radius 2 is 2.11 bits per heavy atom. The number of amides is 1. The van der Waals surface area contributed by atoms with Crippen LogP contribution in [-0.4, -0.2) is 23.4 Å². The summed E-state index contributed by atoms with van der Waals surface area (Å²) < 4.78 is 1.60. The molecule has 98 valence electrons. The van der Waals surface area contributed by atoms with E-state index in [0.29, 0.717) is 16.6 Å². The summed E-state index contributed by atoms with van der Waals surface area (Å²) in [7, 11) is 0. The molecule has 1 atom stereocenters. The van der Waals surface area contributed by atoms with E-state index in [2.05, 4.69) is 38.8 Å². The Hall–Kier alpha value is -0.0600. The molecule has 0 aliphatic carbocycles. The van der Waals surface area contributed by atoms with Gasteiger partial charge in [0.05, 0.1) is 10.6 Å². The molecular weight excluding hydrogens is 381 g/mol. The van der Waals surface area contributed by atoms with Gasteiger partial charge in [-0.05, 0) is 54.2 Å². The molecule has 1 fully saturated rings. The Bertz CT molecular complexity index is 478. The highest BCUT2D eigenvalue weighted by atomic mass is 79.9. The second-order valence-electron chi connectivity index (χ2n) is 4.59. The second kappa shape index (κ2) is 5.93. The highest BCUT2D eigenvalue weighted by Crippen LogP contribution is 2.32. The number of rotatable bonds is 1. The van der Waals surface area contributed by atoms with Gasteiger partial charge in [-0.15, -0.1) is 0 Å². The van der Waals surface area contributed by atoms with Crippen molar-refractivity contribution in [3.8, 4) is 0 Å². The van der Waals surface area contributed by atoms with Gasteiger partial charge in [-0.2, -0.15) is 0 Å². The number of hydrogen-bond donors (Lipinski definition) is 0. The van der Waals surface area contributed by atoms with Crippen LogP contribution in [-0.2, 0) is 0 Å². The first-order valence-corrected chi connectivity index (χ1v) is 7.92. The van der Waals surface area contributed by atoms with Crippen LogP contribution in [0.25, 0.3) is 0 Å². The molecule has 1 saturated heterocycles. The molecule has 0 saturated carbocycles. The average molecular weight is 396 g/mol. The topological polar surface area (TPSA) is 20.3 Å². The van der Waals surface area contributed by atoms with E-state index in [1.54, 1.807) is 6.07 Å². The molecule has 1 heterocycles. The van der Waals surface area contributed by atoms with E-state index in [0.717, 1.165) is 28.3 Å². The summed E-state index contributed by atoms with van der Waals surface area (Å²) in [5.74, 6) is 0.0224. The van der Waals surface area contributed by atoms with Crippen LogP contribution in [0, 0.1) is 0 Å². The zero-order valence-electron chi connectivity index (χ0n) is 10.0. The first kappa shape index (κ1) is 14.4. The molecule has 0 bridgehead atoms. The highest BCUT2D eigenvalue weighted by molar-refractivity contribution is 9.11. The van der Waals surface area contributed by atoms with Crippen LogP contribution < -0.4 is 0 Å². The predicted octanol–water partition coefficient (Wildman–Crippen LogP) is 4.88. The number of piperidine rings is 1. The SMILES string of the molecule is CC1CCCCN1C(=O)c1cc(Br)cc(Br)c1Cl. The molecule has 1 aromatic carbocycles. The van der Waals surface area contributed by atoms with Crippen LogP contribution in [0.3, 0.4) is 0 Å². The molecule has 1 amide bonds. The van der Waals surface area contributed by atoms with Crippen LogP contribution >= 0.6 is 43.5 Å². The van der Waals surface area contributed by atoms with Crippen molar-refractivity contribution < 1.29 is 4.79 Å². The zero-order valence-corrected chi connectivity index (χ0v) is 14.0. The van der Waals surface area contributed by atoms with Gasteiger partial charge in [0.1, 0.15) is 0 Å². The maximum absolute atomic E-state index is 12.5. The summed E-state index contributed by atoms with van der Waals surface area (Å²) in [6.45, 7) is 2.92. The van der Waals surface area contributed by atoms with Crippen LogP contribution in [0.1, 0.15) is 36.5 Å². The number of nitrogens with zero attached hydrogens (tertiary/aromatic N) is 1. The van der Waals surface area contributed by atoms with E-state index in [9.17, 15) is 4.79 Å². The molecule has 2 nitrogen and oxygen atoms in total. The predicted molar refractivity (Wildman–Crippen MR) is 81.2 cm³/mol. The fraction of sp³-hybridized carbons (Fsp3) is 0.462. The van der Waals surface area contributed by atoms with Crippen molar-refractivity contribution in [2.45, 2.75) is 32.2 Å². The first-order valence-electron chi connectivity index (χ1n) is 5.96. The number of halogens is 3. The van der Waals surface area contributed by atoms with Gasteiger partial charge >= 0.3 is 0 Å². The summed E-state index contributed by atoms with van der Waals surface area (Å²) in [5.41, 5.74) is 0.562. The first-order chi connectivity index (χ1) is 8.50. The Morgan fingerprint density at radius 1 is 1.39 bits per heavy atom. The molecule has 1 aromatic rings. The third-order valence-electron chi connectivity index (χ3n) is 3.29. The Labute approximate surface area is 129 Å². The van der Waals surface area contributed by atoms with Crippen molar-refractivity contribution in [1.29, 1.82) is 0 Å². The van der Waals surface area contributed by atoms with E-state index in [1.807, 2.05) is 11.0 Å². The summed E-state index contributed by atoms with van der Waals surface area (Å²) in [6.07, 6.45) is 3.34. The van der Waals surface area contributed by atoms with Gasteiger partial charge in [-0.3, -0.25) is 4.79 Å². The van der Waals surface area contributed by atoms with E-state index < -0.39 is 0 Å². The Kier molecular flexibility index (Phi) is 4.73. The largest absolute Gasteiger partial charge is 0.336 e. The van der Waals surface area contributed by atoms with E-state index in [4.69, 9.17) is 11.6 Å². The molecule has 18 heavy (non-hydrogen) atoms. The summed E-state index contributed by atoms with van der Waals surface area (Å²) in [5, 5.41) is 0.487. The van der Waals surface area contributed by atoms with Crippen molar-refractivity contribution in [2.75, 3.05) is 6.54 Å². The Balaban J connectivity index is 2.33. The van der Waals surface area contributed by atoms with Gasteiger partial charge in [0.25, 0.3) is 5.91 Å². The number of likely N-dealkylation sites (tertiary alicyclic amines) is 1. The van der Waals surface area contributed by atoms with E-state index >= 15 is 0 Å².